The van der Waals surface area contributed by atoms with Crippen LogP contribution in [0.1, 0.15) is 12.5 Å². The van der Waals surface area contributed by atoms with Gasteiger partial charge in [0.15, 0.2) is 5.96 Å². The molecular formula is C17H24ClIN4. The van der Waals surface area contributed by atoms with Crippen molar-refractivity contribution in [2.24, 2.45) is 4.99 Å². The van der Waals surface area contributed by atoms with Gasteiger partial charge in [-0.25, -0.2) is 0 Å². The monoisotopic (exact) mass is 446 g/mol. The Balaban J connectivity index is 0.00000264. The lowest BCUT2D eigenvalue weighted by molar-refractivity contribution is 0.665. The highest BCUT2D eigenvalue weighted by molar-refractivity contribution is 14.0. The summed E-state index contributed by atoms with van der Waals surface area (Å²) < 4.78 is 2.14. The minimum absolute atomic E-state index is 0. The molecule has 2 N–H and O–H groups in total. The third kappa shape index (κ3) is 7.26. The Kier molecular flexibility index (Phi) is 9.78. The van der Waals surface area contributed by atoms with Crippen LogP contribution in [0.2, 0.25) is 5.02 Å². The van der Waals surface area contributed by atoms with Crippen molar-refractivity contribution >= 4 is 41.5 Å². The number of benzene rings is 1. The molecule has 0 radical (unpaired) electrons. The van der Waals surface area contributed by atoms with Gasteiger partial charge in [-0.3, -0.25) is 4.99 Å². The van der Waals surface area contributed by atoms with Gasteiger partial charge < -0.3 is 15.2 Å². The van der Waals surface area contributed by atoms with Crippen LogP contribution in [0.3, 0.4) is 0 Å². The maximum Gasteiger partial charge on any atom is 0.191 e. The summed E-state index contributed by atoms with van der Waals surface area (Å²) in [6, 6.07) is 12.0. The van der Waals surface area contributed by atoms with E-state index in [9.17, 15) is 0 Å². The number of nitrogens with zero attached hydrogens (tertiary/aromatic N) is 2. The van der Waals surface area contributed by atoms with Crippen molar-refractivity contribution in [2.75, 3.05) is 19.6 Å². The molecule has 1 aromatic heterocycles. The molecule has 1 heterocycles. The van der Waals surface area contributed by atoms with E-state index in [1.165, 1.54) is 0 Å². The first-order chi connectivity index (χ1) is 10.8. The van der Waals surface area contributed by atoms with Gasteiger partial charge in [-0.05, 0) is 37.1 Å². The largest absolute Gasteiger partial charge is 0.357 e. The van der Waals surface area contributed by atoms with E-state index in [0.29, 0.717) is 6.54 Å². The SMILES string of the molecule is CCNC(=NCCc1ccccc1Cl)NCCn1cccc1.I. The second-order valence-electron chi connectivity index (χ2n) is 4.95. The first-order valence-electron chi connectivity index (χ1n) is 7.66. The van der Waals surface area contributed by atoms with Gasteiger partial charge in [-0.15, -0.1) is 24.0 Å². The number of rotatable bonds is 7. The molecule has 0 bridgehead atoms. The summed E-state index contributed by atoms with van der Waals surface area (Å²) in [6.45, 7) is 5.38. The first-order valence-corrected chi connectivity index (χ1v) is 8.03. The number of aliphatic imine (C=N–C) groups is 1. The number of aromatic nitrogens is 1. The average Bonchev–Trinajstić information content (AvgIpc) is 3.02. The maximum atomic E-state index is 6.16. The number of halogens is 2. The molecule has 0 saturated carbocycles. The van der Waals surface area contributed by atoms with Gasteiger partial charge in [-0.1, -0.05) is 29.8 Å². The van der Waals surface area contributed by atoms with Crippen LogP contribution in [0.15, 0.2) is 53.8 Å². The number of guanidine groups is 1. The molecule has 0 unspecified atom stereocenters. The second kappa shape index (κ2) is 11.3. The van der Waals surface area contributed by atoms with Crippen LogP contribution in [0.25, 0.3) is 0 Å². The van der Waals surface area contributed by atoms with Crippen molar-refractivity contribution in [2.45, 2.75) is 19.9 Å². The van der Waals surface area contributed by atoms with Crippen LogP contribution in [0, 0.1) is 0 Å². The van der Waals surface area contributed by atoms with E-state index in [1.807, 2.05) is 36.4 Å². The van der Waals surface area contributed by atoms with Gasteiger partial charge in [0, 0.05) is 43.6 Å². The zero-order valence-corrected chi connectivity index (χ0v) is 16.4. The predicted octanol–water partition coefficient (Wildman–Crippen LogP) is 3.56. The molecule has 0 aliphatic carbocycles. The van der Waals surface area contributed by atoms with E-state index in [-0.39, 0.29) is 24.0 Å². The van der Waals surface area contributed by atoms with E-state index < -0.39 is 0 Å². The second-order valence-corrected chi connectivity index (χ2v) is 5.36. The molecule has 0 atom stereocenters. The summed E-state index contributed by atoms with van der Waals surface area (Å²) in [7, 11) is 0. The summed E-state index contributed by atoms with van der Waals surface area (Å²) >= 11 is 6.16. The number of nitrogens with one attached hydrogen (secondary N) is 2. The van der Waals surface area contributed by atoms with Crippen LogP contribution >= 0.6 is 35.6 Å². The molecule has 2 rings (SSSR count). The van der Waals surface area contributed by atoms with Crippen LogP contribution in [-0.2, 0) is 13.0 Å². The van der Waals surface area contributed by atoms with E-state index in [1.54, 1.807) is 0 Å². The molecule has 0 aliphatic rings. The van der Waals surface area contributed by atoms with E-state index in [2.05, 4.69) is 39.5 Å². The number of hydrogen-bond acceptors (Lipinski definition) is 1. The third-order valence-corrected chi connectivity index (χ3v) is 3.65. The maximum absolute atomic E-state index is 6.16. The molecule has 2 aromatic rings. The smallest absolute Gasteiger partial charge is 0.191 e. The summed E-state index contributed by atoms with van der Waals surface area (Å²) in [4.78, 5) is 4.60. The highest BCUT2D eigenvalue weighted by Gasteiger charge is 2.00. The molecule has 6 heteroatoms. The molecule has 4 nitrogen and oxygen atoms in total. The fraction of sp³-hybridized carbons (Fsp3) is 0.353. The molecule has 0 spiro atoms. The highest BCUT2D eigenvalue weighted by atomic mass is 127. The van der Waals surface area contributed by atoms with Gasteiger partial charge in [0.2, 0.25) is 0 Å². The Morgan fingerprint density at radius 1 is 1.13 bits per heavy atom. The van der Waals surface area contributed by atoms with Crippen molar-refractivity contribution < 1.29 is 0 Å². The van der Waals surface area contributed by atoms with Crippen LogP contribution in [0.4, 0.5) is 0 Å². The summed E-state index contributed by atoms with van der Waals surface area (Å²) in [6.07, 6.45) is 4.96. The Labute approximate surface area is 160 Å². The lowest BCUT2D eigenvalue weighted by Crippen LogP contribution is -2.39. The molecular weight excluding hydrogens is 423 g/mol. The van der Waals surface area contributed by atoms with Crippen LogP contribution in [0.5, 0.6) is 0 Å². The third-order valence-electron chi connectivity index (χ3n) is 3.28. The van der Waals surface area contributed by atoms with E-state index in [4.69, 9.17) is 11.6 Å². The molecule has 1 aromatic carbocycles. The lowest BCUT2D eigenvalue weighted by atomic mass is 10.1. The average molecular weight is 447 g/mol. The minimum Gasteiger partial charge on any atom is -0.357 e. The van der Waals surface area contributed by atoms with E-state index in [0.717, 1.165) is 42.6 Å². The van der Waals surface area contributed by atoms with E-state index >= 15 is 0 Å². The van der Waals surface area contributed by atoms with Gasteiger partial charge >= 0.3 is 0 Å². The topological polar surface area (TPSA) is 41.4 Å². The minimum atomic E-state index is 0. The first kappa shape index (κ1) is 19.8. The molecule has 0 amide bonds. The van der Waals surface area contributed by atoms with Crippen LogP contribution < -0.4 is 10.6 Å². The Hall–Kier alpha value is -1.21. The number of hydrogen-bond donors (Lipinski definition) is 2. The predicted molar refractivity (Wildman–Crippen MR) is 109 cm³/mol. The lowest BCUT2D eigenvalue weighted by Gasteiger charge is -2.12. The van der Waals surface area contributed by atoms with Crippen molar-refractivity contribution in [3.63, 3.8) is 0 Å². The normalized spacial score (nSPS) is 11.0. The highest BCUT2D eigenvalue weighted by Crippen LogP contribution is 2.15. The van der Waals surface area contributed by atoms with Crippen molar-refractivity contribution in [1.29, 1.82) is 0 Å². The van der Waals surface area contributed by atoms with Crippen molar-refractivity contribution in [1.82, 2.24) is 15.2 Å². The summed E-state index contributed by atoms with van der Waals surface area (Å²) in [5.41, 5.74) is 1.14. The fourth-order valence-electron chi connectivity index (χ4n) is 2.15. The standard InChI is InChI=1S/C17H23ClN4.HI/c1-2-19-17(21-11-14-22-12-5-6-13-22)20-10-9-15-7-3-4-8-16(15)18;/h3-8,12-13H,2,9-11,14H2,1H3,(H2,19,20,21);1H. The quantitative estimate of drug-likeness (QED) is 0.388. The molecule has 0 fully saturated rings. The molecule has 126 valence electrons. The Morgan fingerprint density at radius 2 is 1.87 bits per heavy atom. The Morgan fingerprint density at radius 3 is 2.57 bits per heavy atom. The summed E-state index contributed by atoms with van der Waals surface area (Å²) in [5.74, 6) is 0.849. The zero-order chi connectivity index (χ0) is 15.6. The van der Waals surface area contributed by atoms with Crippen molar-refractivity contribution in [3.8, 4) is 0 Å². The van der Waals surface area contributed by atoms with Gasteiger partial charge in [0.1, 0.15) is 0 Å². The fourth-order valence-corrected chi connectivity index (χ4v) is 2.38. The van der Waals surface area contributed by atoms with Gasteiger partial charge in [-0.2, -0.15) is 0 Å². The molecule has 23 heavy (non-hydrogen) atoms. The van der Waals surface area contributed by atoms with Gasteiger partial charge in [0.05, 0.1) is 0 Å². The molecule has 0 saturated heterocycles. The zero-order valence-electron chi connectivity index (χ0n) is 13.3. The molecule has 0 aliphatic heterocycles. The van der Waals surface area contributed by atoms with Crippen molar-refractivity contribution in [3.05, 3.63) is 59.4 Å². The summed E-state index contributed by atoms with van der Waals surface area (Å²) in [5, 5.41) is 7.41. The van der Waals surface area contributed by atoms with Crippen LogP contribution in [-0.4, -0.2) is 30.2 Å². The Bertz CT molecular complexity index is 584. The van der Waals surface area contributed by atoms with Gasteiger partial charge in [0.25, 0.3) is 0 Å².